The van der Waals surface area contributed by atoms with Crippen LogP contribution in [0.15, 0.2) is 29.2 Å². The van der Waals surface area contributed by atoms with Crippen LogP contribution in [0.1, 0.15) is 24.8 Å². The Morgan fingerprint density at radius 1 is 1.31 bits per heavy atom. The zero-order valence-electron chi connectivity index (χ0n) is 8.09. The fraction of sp³-hybridized carbons (Fsp3) is 0.455. The zero-order chi connectivity index (χ0) is 9.68. The van der Waals surface area contributed by atoms with E-state index in [2.05, 4.69) is 37.4 Å². The fourth-order valence-corrected chi connectivity index (χ4v) is 1.67. The minimum atomic E-state index is -0.231. The molecule has 0 aliphatic rings. The monoisotopic (exact) mass is 198 g/mol. The van der Waals surface area contributed by atoms with Crippen molar-refractivity contribution in [1.29, 1.82) is 0 Å². The molecule has 0 heterocycles. The number of hydrogen-bond acceptors (Lipinski definition) is 1. The van der Waals surface area contributed by atoms with Crippen molar-refractivity contribution in [2.24, 2.45) is 0 Å². The quantitative estimate of drug-likeness (QED) is 0.662. The second-order valence-electron chi connectivity index (χ2n) is 3.15. The zero-order valence-corrected chi connectivity index (χ0v) is 8.90. The summed E-state index contributed by atoms with van der Waals surface area (Å²) in [4.78, 5) is 1.26. The lowest BCUT2D eigenvalue weighted by molar-refractivity contribution is 0.448. The summed E-state index contributed by atoms with van der Waals surface area (Å²) in [5, 5.41) is 0. The van der Waals surface area contributed by atoms with Gasteiger partial charge >= 0.3 is 0 Å². The molecule has 1 rings (SSSR count). The molecule has 0 aliphatic carbocycles. The van der Waals surface area contributed by atoms with Crippen LogP contribution in [0, 0.1) is 0 Å². The normalized spacial score (nSPS) is 12.8. The molecule has 0 radical (unpaired) electrons. The van der Waals surface area contributed by atoms with Crippen molar-refractivity contribution in [2.75, 3.05) is 12.9 Å². The maximum absolute atomic E-state index is 12.1. The van der Waals surface area contributed by atoms with Gasteiger partial charge in [-0.25, -0.2) is 0 Å². The molecule has 0 spiro atoms. The van der Waals surface area contributed by atoms with Crippen molar-refractivity contribution in [1.82, 2.24) is 0 Å². The van der Waals surface area contributed by atoms with Gasteiger partial charge in [0.2, 0.25) is 0 Å². The van der Waals surface area contributed by atoms with Crippen molar-refractivity contribution in [3.8, 4) is 0 Å². The van der Waals surface area contributed by atoms with Gasteiger partial charge in [-0.05, 0) is 36.3 Å². The molecule has 1 atom stereocenters. The lowest BCUT2D eigenvalue weighted by atomic mass is 9.99. The summed E-state index contributed by atoms with van der Waals surface area (Å²) in [5.74, 6) is 0.334. The van der Waals surface area contributed by atoms with E-state index < -0.39 is 0 Å². The van der Waals surface area contributed by atoms with Crippen LogP contribution in [-0.4, -0.2) is 12.9 Å². The van der Waals surface area contributed by atoms with Gasteiger partial charge in [-0.2, -0.15) is 0 Å². The summed E-state index contributed by atoms with van der Waals surface area (Å²) < 4.78 is 12.1. The molecule has 0 amide bonds. The van der Waals surface area contributed by atoms with Gasteiger partial charge in [0.15, 0.2) is 0 Å². The molecule has 13 heavy (non-hydrogen) atoms. The average Bonchev–Trinajstić information content (AvgIpc) is 2.18. The van der Waals surface area contributed by atoms with Crippen LogP contribution in [0.4, 0.5) is 4.39 Å². The topological polar surface area (TPSA) is 0 Å². The molecule has 1 aromatic carbocycles. The summed E-state index contributed by atoms with van der Waals surface area (Å²) in [6.45, 7) is 1.83. The maximum atomic E-state index is 12.1. The van der Waals surface area contributed by atoms with Crippen LogP contribution in [0.5, 0.6) is 0 Å². The standard InChI is InChI=1S/C11H15FS/c1-9(7-8-12)10-3-5-11(13-2)6-4-10/h3-6,9H,7-8H2,1-2H3. The van der Waals surface area contributed by atoms with Crippen molar-refractivity contribution in [3.63, 3.8) is 0 Å². The molecular formula is C11H15FS. The molecule has 1 unspecified atom stereocenters. The third kappa shape index (κ3) is 3.03. The summed E-state index contributed by atoms with van der Waals surface area (Å²) >= 11 is 1.73. The lowest BCUT2D eigenvalue weighted by Gasteiger charge is -2.09. The molecule has 0 bridgehead atoms. The number of halogens is 1. The third-order valence-corrected chi connectivity index (χ3v) is 2.97. The first-order valence-corrected chi connectivity index (χ1v) is 5.70. The molecule has 0 saturated carbocycles. The van der Waals surface area contributed by atoms with E-state index in [1.54, 1.807) is 11.8 Å². The first kappa shape index (κ1) is 10.6. The molecule has 0 saturated heterocycles. The largest absolute Gasteiger partial charge is 0.251 e. The molecule has 0 aliphatic heterocycles. The van der Waals surface area contributed by atoms with Gasteiger partial charge in [-0.15, -0.1) is 11.8 Å². The lowest BCUT2D eigenvalue weighted by Crippen LogP contribution is -1.94. The van der Waals surface area contributed by atoms with Gasteiger partial charge in [0.05, 0.1) is 6.67 Å². The van der Waals surface area contributed by atoms with Crippen LogP contribution in [0.3, 0.4) is 0 Å². The van der Waals surface area contributed by atoms with Gasteiger partial charge in [-0.1, -0.05) is 19.1 Å². The van der Waals surface area contributed by atoms with Crippen molar-refractivity contribution in [3.05, 3.63) is 29.8 Å². The highest BCUT2D eigenvalue weighted by Gasteiger charge is 2.04. The molecule has 0 nitrogen and oxygen atoms in total. The summed E-state index contributed by atoms with van der Waals surface area (Å²) in [7, 11) is 0. The number of thioether (sulfide) groups is 1. The minimum absolute atomic E-state index is 0.231. The van der Waals surface area contributed by atoms with Gasteiger partial charge < -0.3 is 0 Å². The van der Waals surface area contributed by atoms with Crippen molar-refractivity contribution >= 4 is 11.8 Å². The Bertz CT molecular complexity index is 243. The van der Waals surface area contributed by atoms with Gasteiger partial charge in [0.1, 0.15) is 0 Å². The van der Waals surface area contributed by atoms with Gasteiger partial charge in [-0.3, -0.25) is 4.39 Å². The average molecular weight is 198 g/mol. The van der Waals surface area contributed by atoms with E-state index >= 15 is 0 Å². The fourth-order valence-electron chi connectivity index (χ4n) is 1.26. The Morgan fingerprint density at radius 3 is 2.38 bits per heavy atom. The third-order valence-electron chi connectivity index (χ3n) is 2.23. The van der Waals surface area contributed by atoms with E-state index in [-0.39, 0.29) is 6.67 Å². The highest BCUT2D eigenvalue weighted by molar-refractivity contribution is 7.98. The minimum Gasteiger partial charge on any atom is -0.251 e. The number of rotatable bonds is 4. The van der Waals surface area contributed by atoms with E-state index in [1.165, 1.54) is 10.5 Å². The molecule has 0 aromatic heterocycles. The second kappa shape index (κ2) is 5.28. The smallest absolute Gasteiger partial charge is 0.0900 e. The molecule has 1 aromatic rings. The summed E-state index contributed by atoms with van der Waals surface area (Å²) in [5.41, 5.74) is 1.23. The first-order chi connectivity index (χ1) is 6.27. The molecular weight excluding hydrogens is 183 g/mol. The Kier molecular flexibility index (Phi) is 4.29. The van der Waals surface area contributed by atoms with E-state index in [1.807, 2.05) is 0 Å². The van der Waals surface area contributed by atoms with E-state index in [4.69, 9.17) is 0 Å². The Morgan fingerprint density at radius 2 is 1.92 bits per heavy atom. The predicted molar refractivity (Wildman–Crippen MR) is 57.2 cm³/mol. The van der Waals surface area contributed by atoms with E-state index in [9.17, 15) is 4.39 Å². The second-order valence-corrected chi connectivity index (χ2v) is 4.03. The van der Waals surface area contributed by atoms with Crippen molar-refractivity contribution in [2.45, 2.75) is 24.2 Å². The number of hydrogen-bond donors (Lipinski definition) is 0. The highest BCUT2D eigenvalue weighted by Crippen LogP contribution is 2.22. The maximum Gasteiger partial charge on any atom is 0.0900 e. The molecule has 0 fully saturated rings. The van der Waals surface area contributed by atoms with Crippen LogP contribution in [0.25, 0.3) is 0 Å². The summed E-state index contributed by atoms with van der Waals surface area (Å²) in [6, 6.07) is 8.36. The number of alkyl halides is 1. The SMILES string of the molecule is CSc1ccc(C(C)CCF)cc1. The molecule has 2 heteroatoms. The van der Waals surface area contributed by atoms with Crippen molar-refractivity contribution < 1.29 is 4.39 Å². The molecule has 72 valence electrons. The number of benzene rings is 1. The predicted octanol–water partition coefficient (Wildman–Crippen LogP) is 3.87. The van der Waals surface area contributed by atoms with Gasteiger partial charge in [0, 0.05) is 4.90 Å². The van der Waals surface area contributed by atoms with Crippen LogP contribution >= 0.6 is 11.8 Å². The Balaban J connectivity index is 2.67. The highest BCUT2D eigenvalue weighted by atomic mass is 32.2. The first-order valence-electron chi connectivity index (χ1n) is 4.48. The van der Waals surface area contributed by atoms with E-state index in [0.29, 0.717) is 12.3 Å². The van der Waals surface area contributed by atoms with Crippen LogP contribution in [0.2, 0.25) is 0 Å². The Labute approximate surface area is 83.5 Å². The Hall–Kier alpha value is -0.500. The van der Waals surface area contributed by atoms with Gasteiger partial charge in [0.25, 0.3) is 0 Å². The van der Waals surface area contributed by atoms with Crippen LogP contribution in [-0.2, 0) is 0 Å². The van der Waals surface area contributed by atoms with E-state index in [0.717, 1.165) is 0 Å². The summed E-state index contributed by atoms with van der Waals surface area (Å²) in [6.07, 6.45) is 2.68. The molecule has 0 N–H and O–H groups in total. The van der Waals surface area contributed by atoms with Crippen LogP contribution < -0.4 is 0 Å².